The van der Waals surface area contributed by atoms with Crippen LogP contribution in [0.25, 0.3) is 0 Å². The number of fused-ring (bicyclic) bond motifs is 1. The number of benzene rings is 2. The maximum absolute atomic E-state index is 12.5. The van der Waals surface area contributed by atoms with Gasteiger partial charge in [0.25, 0.3) is 0 Å². The summed E-state index contributed by atoms with van der Waals surface area (Å²) in [7, 11) is 0. The number of carboxylic acids is 1. The summed E-state index contributed by atoms with van der Waals surface area (Å²) in [5.74, 6) is 0.0354. The van der Waals surface area contributed by atoms with Crippen LogP contribution in [0.15, 0.2) is 36.4 Å². The molecule has 2 aromatic rings. The van der Waals surface area contributed by atoms with E-state index in [0.717, 1.165) is 16.7 Å². The SMILES string of the molecule is Cc1cc(COc2ccc(CC(C)C(=O)O)cc2)c2c(c1)C(=O)C(C)(C)O2. The molecule has 1 N–H and O–H groups in total. The van der Waals surface area contributed by atoms with Gasteiger partial charge >= 0.3 is 5.97 Å². The van der Waals surface area contributed by atoms with Crippen molar-refractivity contribution in [1.29, 1.82) is 0 Å². The van der Waals surface area contributed by atoms with Crippen LogP contribution in [0, 0.1) is 12.8 Å². The first kappa shape index (κ1) is 19.0. The fraction of sp³-hybridized carbons (Fsp3) is 0.364. The molecule has 0 saturated carbocycles. The van der Waals surface area contributed by atoms with Gasteiger partial charge < -0.3 is 14.6 Å². The van der Waals surface area contributed by atoms with Gasteiger partial charge in [0.15, 0.2) is 5.60 Å². The summed E-state index contributed by atoms with van der Waals surface area (Å²) in [4.78, 5) is 23.4. The van der Waals surface area contributed by atoms with Gasteiger partial charge in [0, 0.05) is 5.56 Å². The third-order valence-electron chi connectivity index (χ3n) is 4.74. The topological polar surface area (TPSA) is 72.8 Å². The Balaban J connectivity index is 1.72. The van der Waals surface area contributed by atoms with Crippen LogP contribution in [0.1, 0.15) is 47.8 Å². The van der Waals surface area contributed by atoms with Crippen LogP contribution in [-0.2, 0) is 17.8 Å². The van der Waals surface area contributed by atoms with Crippen LogP contribution in [-0.4, -0.2) is 22.5 Å². The molecule has 0 amide bonds. The number of rotatable bonds is 6. The highest BCUT2D eigenvalue weighted by molar-refractivity contribution is 6.07. The van der Waals surface area contributed by atoms with Gasteiger partial charge in [0.2, 0.25) is 5.78 Å². The van der Waals surface area contributed by atoms with Crippen molar-refractivity contribution in [2.75, 3.05) is 0 Å². The zero-order valence-corrected chi connectivity index (χ0v) is 16.0. The molecule has 0 radical (unpaired) electrons. The van der Waals surface area contributed by atoms with Gasteiger partial charge in [-0.1, -0.05) is 19.1 Å². The quantitative estimate of drug-likeness (QED) is 0.828. The number of hydrogen-bond donors (Lipinski definition) is 1. The van der Waals surface area contributed by atoms with Crippen molar-refractivity contribution < 1.29 is 24.2 Å². The molecule has 0 aliphatic carbocycles. The van der Waals surface area contributed by atoms with Crippen LogP contribution < -0.4 is 9.47 Å². The van der Waals surface area contributed by atoms with Crippen molar-refractivity contribution >= 4 is 11.8 Å². The fourth-order valence-corrected chi connectivity index (χ4v) is 3.19. The molecule has 0 fully saturated rings. The lowest BCUT2D eigenvalue weighted by Gasteiger charge is -2.17. The monoisotopic (exact) mass is 368 g/mol. The molecule has 3 rings (SSSR count). The summed E-state index contributed by atoms with van der Waals surface area (Å²) in [5.41, 5.74) is 2.53. The fourth-order valence-electron chi connectivity index (χ4n) is 3.19. The molecule has 1 heterocycles. The van der Waals surface area contributed by atoms with Gasteiger partial charge in [0.1, 0.15) is 18.1 Å². The number of hydrogen-bond acceptors (Lipinski definition) is 4. The van der Waals surface area contributed by atoms with Gasteiger partial charge in [-0.2, -0.15) is 0 Å². The number of aryl methyl sites for hydroxylation is 1. The minimum absolute atomic E-state index is 0.0145. The van der Waals surface area contributed by atoms with E-state index in [0.29, 0.717) is 23.5 Å². The van der Waals surface area contributed by atoms with E-state index >= 15 is 0 Å². The molecule has 0 aromatic heterocycles. The lowest BCUT2D eigenvalue weighted by molar-refractivity contribution is -0.141. The van der Waals surface area contributed by atoms with E-state index in [4.69, 9.17) is 14.6 Å². The first-order valence-corrected chi connectivity index (χ1v) is 8.99. The van der Waals surface area contributed by atoms with Gasteiger partial charge in [0.05, 0.1) is 11.5 Å². The minimum Gasteiger partial charge on any atom is -0.489 e. The third kappa shape index (κ3) is 3.97. The molecular formula is C22H24O5. The first-order valence-electron chi connectivity index (χ1n) is 8.99. The number of carbonyl (C=O) groups is 2. The Morgan fingerprint density at radius 3 is 2.52 bits per heavy atom. The molecule has 0 spiro atoms. The average molecular weight is 368 g/mol. The molecule has 5 nitrogen and oxygen atoms in total. The second-order valence-corrected chi connectivity index (χ2v) is 7.62. The lowest BCUT2D eigenvalue weighted by Crippen LogP contribution is -2.32. The van der Waals surface area contributed by atoms with Gasteiger partial charge in [-0.3, -0.25) is 9.59 Å². The van der Waals surface area contributed by atoms with Crippen molar-refractivity contribution in [1.82, 2.24) is 0 Å². The number of carboxylic acid groups (broad SMARTS) is 1. The Morgan fingerprint density at radius 2 is 1.89 bits per heavy atom. The second-order valence-electron chi connectivity index (χ2n) is 7.62. The van der Waals surface area contributed by atoms with Crippen molar-refractivity contribution in [3.63, 3.8) is 0 Å². The molecule has 1 aliphatic heterocycles. The van der Waals surface area contributed by atoms with Crippen LogP contribution in [0.4, 0.5) is 0 Å². The number of carbonyl (C=O) groups excluding carboxylic acids is 1. The standard InChI is InChI=1S/C22H24O5/c1-13-9-16(19-18(10-13)20(23)22(3,4)27-19)12-26-17-7-5-15(6-8-17)11-14(2)21(24)25/h5-10,14H,11-12H2,1-4H3,(H,24,25). The molecule has 142 valence electrons. The van der Waals surface area contributed by atoms with Crippen LogP contribution in [0.3, 0.4) is 0 Å². The van der Waals surface area contributed by atoms with E-state index in [9.17, 15) is 9.59 Å². The predicted molar refractivity (Wildman–Crippen MR) is 101 cm³/mol. The summed E-state index contributed by atoms with van der Waals surface area (Å²) in [6.45, 7) is 7.46. The molecule has 0 saturated heterocycles. The summed E-state index contributed by atoms with van der Waals surface area (Å²) in [6.07, 6.45) is 0.478. The van der Waals surface area contributed by atoms with E-state index in [1.807, 2.05) is 43.3 Å². The van der Waals surface area contributed by atoms with Crippen molar-refractivity contribution in [2.45, 2.75) is 46.3 Å². The Morgan fingerprint density at radius 1 is 1.22 bits per heavy atom. The van der Waals surface area contributed by atoms with Gasteiger partial charge in [-0.15, -0.1) is 0 Å². The normalized spacial score (nSPS) is 15.8. The number of ether oxygens (including phenoxy) is 2. The number of ketones is 1. The summed E-state index contributed by atoms with van der Waals surface area (Å²) in [6, 6.07) is 11.2. The Labute approximate surface area is 158 Å². The average Bonchev–Trinajstić information content (AvgIpc) is 2.84. The lowest BCUT2D eigenvalue weighted by atomic mass is 9.97. The third-order valence-corrected chi connectivity index (χ3v) is 4.74. The molecular weight excluding hydrogens is 344 g/mol. The molecule has 27 heavy (non-hydrogen) atoms. The molecule has 5 heteroatoms. The predicted octanol–water partition coefficient (Wildman–Crippen LogP) is 4.19. The van der Waals surface area contributed by atoms with Gasteiger partial charge in [-0.05, 0) is 62.6 Å². The van der Waals surface area contributed by atoms with Gasteiger partial charge in [-0.25, -0.2) is 0 Å². The summed E-state index contributed by atoms with van der Waals surface area (Å²) < 4.78 is 11.8. The molecule has 1 atom stereocenters. The minimum atomic E-state index is -0.854. The summed E-state index contributed by atoms with van der Waals surface area (Å²) >= 11 is 0. The molecule has 0 bridgehead atoms. The Bertz CT molecular complexity index is 880. The van der Waals surface area contributed by atoms with Crippen LogP contribution in [0.5, 0.6) is 11.5 Å². The van der Waals surface area contributed by atoms with E-state index in [1.54, 1.807) is 20.8 Å². The van der Waals surface area contributed by atoms with E-state index in [1.165, 1.54) is 0 Å². The Kier molecular flexibility index (Phi) is 4.96. The maximum atomic E-state index is 12.5. The maximum Gasteiger partial charge on any atom is 0.306 e. The molecule has 2 aromatic carbocycles. The zero-order valence-electron chi connectivity index (χ0n) is 16.0. The largest absolute Gasteiger partial charge is 0.489 e. The van der Waals surface area contributed by atoms with Crippen molar-refractivity contribution in [2.24, 2.45) is 5.92 Å². The van der Waals surface area contributed by atoms with Crippen LogP contribution >= 0.6 is 0 Å². The highest BCUT2D eigenvalue weighted by atomic mass is 16.5. The highest BCUT2D eigenvalue weighted by Gasteiger charge is 2.41. The van der Waals surface area contributed by atoms with Crippen molar-refractivity contribution in [3.8, 4) is 11.5 Å². The van der Waals surface area contributed by atoms with Crippen molar-refractivity contribution in [3.05, 3.63) is 58.7 Å². The van der Waals surface area contributed by atoms with E-state index < -0.39 is 17.5 Å². The van der Waals surface area contributed by atoms with E-state index in [2.05, 4.69) is 0 Å². The number of aliphatic carboxylic acids is 1. The Hall–Kier alpha value is -2.82. The van der Waals surface area contributed by atoms with Crippen LogP contribution in [0.2, 0.25) is 0 Å². The zero-order chi connectivity index (χ0) is 19.8. The number of Topliss-reactive ketones (excluding diaryl/α,β-unsaturated/α-hetero) is 1. The highest BCUT2D eigenvalue weighted by Crippen LogP contribution is 2.38. The smallest absolute Gasteiger partial charge is 0.306 e. The molecule has 1 aliphatic rings. The molecule has 1 unspecified atom stereocenters. The second kappa shape index (κ2) is 7.06. The van der Waals surface area contributed by atoms with E-state index in [-0.39, 0.29) is 12.4 Å². The summed E-state index contributed by atoms with van der Waals surface area (Å²) in [5, 5.41) is 9.00. The first-order chi connectivity index (χ1) is 12.7.